The number of ketones is 2. The molecule has 4 aliphatic carbocycles. The number of hydrogen-bond donors (Lipinski definition) is 2. The predicted octanol–water partition coefficient (Wildman–Crippen LogP) is 4.27. The van der Waals surface area contributed by atoms with Gasteiger partial charge in [0.15, 0.2) is 0 Å². The van der Waals surface area contributed by atoms with E-state index in [9.17, 15) is 19.8 Å². The Morgan fingerprint density at radius 1 is 1.12 bits per heavy atom. The summed E-state index contributed by atoms with van der Waals surface area (Å²) < 4.78 is 0. The van der Waals surface area contributed by atoms with Crippen LogP contribution in [-0.4, -0.2) is 21.8 Å². The van der Waals surface area contributed by atoms with Crippen LogP contribution in [0, 0.1) is 34.5 Å². The molecule has 6 atom stereocenters. The summed E-state index contributed by atoms with van der Waals surface area (Å²) in [5.41, 5.74) is 0.409. The molecule has 0 aliphatic heterocycles. The summed E-state index contributed by atoms with van der Waals surface area (Å²) >= 11 is 0. The zero-order valence-corrected chi connectivity index (χ0v) is 15.3. The highest BCUT2D eigenvalue weighted by Gasteiger charge is 2.61. The molecule has 0 bridgehead atoms. The van der Waals surface area contributed by atoms with Crippen LogP contribution in [0.1, 0.15) is 59.3 Å². The van der Waals surface area contributed by atoms with Crippen LogP contribution in [0.3, 0.4) is 0 Å². The van der Waals surface area contributed by atoms with Crippen molar-refractivity contribution in [3.05, 3.63) is 23.2 Å². The topological polar surface area (TPSA) is 74.6 Å². The average molecular weight is 344 g/mol. The van der Waals surface area contributed by atoms with Crippen molar-refractivity contribution in [3.63, 3.8) is 0 Å². The van der Waals surface area contributed by atoms with E-state index in [-0.39, 0.29) is 23.0 Å². The number of carbonyl (C=O) groups excluding carboxylic acids is 2. The highest BCUT2D eigenvalue weighted by Crippen LogP contribution is 2.67. The fourth-order valence-corrected chi connectivity index (χ4v) is 7.03. The maximum atomic E-state index is 12.2. The zero-order valence-electron chi connectivity index (χ0n) is 15.3. The molecule has 0 aromatic heterocycles. The lowest BCUT2D eigenvalue weighted by molar-refractivity contribution is -0.128. The second-order valence-corrected chi connectivity index (χ2v) is 9.13. The van der Waals surface area contributed by atoms with Crippen molar-refractivity contribution < 1.29 is 19.8 Å². The molecule has 3 fully saturated rings. The normalized spacial score (nSPS) is 46.2. The highest BCUT2D eigenvalue weighted by atomic mass is 16.3. The maximum Gasteiger partial charge on any atom is 0.223 e. The second-order valence-electron chi connectivity index (χ2n) is 9.13. The van der Waals surface area contributed by atoms with Gasteiger partial charge < -0.3 is 10.2 Å². The first-order chi connectivity index (χ1) is 11.7. The van der Waals surface area contributed by atoms with Crippen molar-refractivity contribution >= 4 is 11.6 Å². The number of allylic oxidation sites excluding steroid dienone is 2. The SMILES string of the molecule is CC(=O)[C@@H]1CC[C@H]2[C@@H]3CCC4=CC(=O)C(O)=C(O)[C@]4(C)[C@H]3CC[C@]12C. The number of hydrogen-bond acceptors (Lipinski definition) is 4. The molecule has 4 heteroatoms. The summed E-state index contributed by atoms with van der Waals surface area (Å²) in [5.74, 6) is 0.554. The lowest BCUT2D eigenvalue weighted by Crippen LogP contribution is -2.51. The van der Waals surface area contributed by atoms with Crippen LogP contribution in [0.2, 0.25) is 0 Å². The summed E-state index contributed by atoms with van der Waals surface area (Å²) in [4.78, 5) is 24.1. The van der Waals surface area contributed by atoms with Gasteiger partial charge in [-0.05, 0) is 81.6 Å². The van der Waals surface area contributed by atoms with Gasteiger partial charge in [-0.3, -0.25) is 9.59 Å². The summed E-state index contributed by atoms with van der Waals surface area (Å²) in [7, 11) is 0. The van der Waals surface area contributed by atoms with E-state index < -0.39 is 17.0 Å². The largest absolute Gasteiger partial charge is 0.507 e. The molecule has 0 unspecified atom stereocenters. The van der Waals surface area contributed by atoms with E-state index in [1.54, 1.807) is 13.0 Å². The summed E-state index contributed by atoms with van der Waals surface area (Å²) in [6.45, 7) is 6.01. The smallest absolute Gasteiger partial charge is 0.223 e. The molecule has 4 nitrogen and oxygen atoms in total. The Balaban J connectivity index is 1.74. The van der Waals surface area contributed by atoms with Crippen LogP contribution in [0.4, 0.5) is 0 Å². The molecule has 25 heavy (non-hydrogen) atoms. The quantitative estimate of drug-likeness (QED) is 0.745. The summed E-state index contributed by atoms with van der Waals surface area (Å²) in [6.07, 6.45) is 7.31. The van der Waals surface area contributed by atoms with Gasteiger partial charge in [0.05, 0.1) is 5.41 Å². The second kappa shape index (κ2) is 5.21. The number of Topliss-reactive ketones (excluding diaryl/α,β-unsaturated/α-hetero) is 1. The van der Waals surface area contributed by atoms with Gasteiger partial charge in [-0.2, -0.15) is 0 Å². The molecule has 4 rings (SSSR count). The third-order valence-corrected chi connectivity index (χ3v) is 8.34. The Labute approximate surface area is 149 Å². The van der Waals surface area contributed by atoms with Crippen molar-refractivity contribution in [2.45, 2.75) is 59.3 Å². The van der Waals surface area contributed by atoms with E-state index in [1.165, 1.54) is 0 Å². The Bertz CT molecular complexity index is 717. The molecule has 0 spiro atoms. The maximum absolute atomic E-state index is 12.2. The molecule has 4 aliphatic rings. The van der Waals surface area contributed by atoms with Crippen LogP contribution in [0.5, 0.6) is 0 Å². The van der Waals surface area contributed by atoms with Crippen LogP contribution >= 0.6 is 0 Å². The van der Waals surface area contributed by atoms with Crippen molar-refractivity contribution in [2.75, 3.05) is 0 Å². The molecule has 136 valence electrons. The van der Waals surface area contributed by atoms with Gasteiger partial charge in [-0.1, -0.05) is 12.5 Å². The first kappa shape index (κ1) is 16.9. The monoisotopic (exact) mass is 344 g/mol. The van der Waals surface area contributed by atoms with Gasteiger partial charge in [-0.15, -0.1) is 0 Å². The molecule has 0 aromatic rings. The number of aliphatic hydroxyl groups excluding tert-OH is 2. The third-order valence-electron chi connectivity index (χ3n) is 8.34. The Kier molecular flexibility index (Phi) is 3.52. The number of carbonyl (C=O) groups is 2. The highest BCUT2D eigenvalue weighted by molar-refractivity contribution is 6.04. The van der Waals surface area contributed by atoms with Crippen LogP contribution in [-0.2, 0) is 9.59 Å². The number of fused-ring (bicyclic) bond motifs is 5. The van der Waals surface area contributed by atoms with Crippen molar-refractivity contribution in [2.24, 2.45) is 34.5 Å². The first-order valence-corrected chi connectivity index (χ1v) is 9.59. The lowest BCUT2D eigenvalue weighted by atomic mass is 9.47. The van der Waals surface area contributed by atoms with Gasteiger partial charge in [0.2, 0.25) is 11.5 Å². The molecular weight excluding hydrogens is 316 g/mol. The Morgan fingerprint density at radius 2 is 1.84 bits per heavy atom. The molecule has 2 N–H and O–H groups in total. The van der Waals surface area contributed by atoms with E-state index in [2.05, 4.69) is 6.92 Å². The Morgan fingerprint density at radius 3 is 2.52 bits per heavy atom. The number of rotatable bonds is 1. The fourth-order valence-electron chi connectivity index (χ4n) is 7.03. The van der Waals surface area contributed by atoms with E-state index in [0.717, 1.165) is 44.1 Å². The van der Waals surface area contributed by atoms with Gasteiger partial charge >= 0.3 is 0 Å². The minimum absolute atomic E-state index is 0.0659. The van der Waals surface area contributed by atoms with Gasteiger partial charge in [0.25, 0.3) is 0 Å². The number of aliphatic hydroxyl groups is 2. The average Bonchev–Trinajstić information content (AvgIpc) is 2.92. The van der Waals surface area contributed by atoms with E-state index >= 15 is 0 Å². The van der Waals surface area contributed by atoms with Gasteiger partial charge in [0, 0.05) is 5.92 Å². The predicted molar refractivity (Wildman–Crippen MR) is 93.9 cm³/mol. The minimum Gasteiger partial charge on any atom is -0.507 e. The molecule has 0 aromatic carbocycles. The summed E-state index contributed by atoms with van der Waals surface area (Å²) in [5, 5.41) is 20.8. The third kappa shape index (κ3) is 2.00. The molecule has 0 amide bonds. The first-order valence-electron chi connectivity index (χ1n) is 9.59. The van der Waals surface area contributed by atoms with Crippen molar-refractivity contribution in [1.82, 2.24) is 0 Å². The van der Waals surface area contributed by atoms with E-state index in [4.69, 9.17) is 0 Å². The molecule has 0 heterocycles. The molecule has 0 saturated heterocycles. The lowest BCUT2D eigenvalue weighted by Gasteiger charge is -2.57. The van der Waals surface area contributed by atoms with Crippen LogP contribution in [0.15, 0.2) is 23.2 Å². The van der Waals surface area contributed by atoms with Gasteiger partial charge in [0.1, 0.15) is 11.5 Å². The molecule has 3 saturated carbocycles. The van der Waals surface area contributed by atoms with Gasteiger partial charge in [-0.25, -0.2) is 0 Å². The van der Waals surface area contributed by atoms with E-state index in [0.29, 0.717) is 17.6 Å². The fraction of sp³-hybridized carbons (Fsp3) is 0.714. The minimum atomic E-state index is -0.628. The summed E-state index contributed by atoms with van der Waals surface area (Å²) in [6, 6.07) is 0. The van der Waals surface area contributed by atoms with Crippen LogP contribution < -0.4 is 0 Å². The van der Waals surface area contributed by atoms with E-state index in [1.807, 2.05) is 6.92 Å². The Hall–Kier alpha value is -1.58. The van der Waals surface area contributed by atoms with Crippen LogP contribution in [0.25, 0.3) is 0 Å². The molecular formula is C21H28O4. The van der Waals surface area contributed by atoms with Crippen molar-refractivity contribution in [1.29, 1.82) is 0 Å². The van der Waals surface area contributed by atoms with Crippen molar-refractivity contribution in [3.8, 4) is 0 Å². The molecule has 0 radical (unpaired) electrons. The zero-order chi connectivity index (χ0) is 18.1. The standard InChI is InChI=1S/C21H28O4/c1-11(22)14-6-7-15-13-5-4-12-10-17(23)18(24)19(25)21(12,3)16(13)8-9-20(14,15)2/h10,13-16,24-25H,4-9H2,1-3H3/t13-,14-,15-,16-,20+,21-/m0/s1.